The smallest absolute Gasteiger partial charge is 0.338 e. The third-order valence-electron chi connectivity index (χ3n) is 3.40. The SMILES string of the molecule is N=C(COC(=O)c1ccccc1)c1ccc2c(c1)CCO2. The van der Waals surface area contributed by atoms with Crippen molar-refractivity contribution in [3.63, 3.8) is 0 Å². The van der Waals surface area contributed by atoms with Gasteiger partial charge >= 0.3 is 5.97 Å². The first-order valence-corrected chi connectivity index (χ1v) is 6.80. The van der Waals surface area contributed by atoms with E-state index in [0.29, 0.717) is 12.2 Å². The quantitative estimate of drug-likeness (QED) is 0.692. The van der Waals surface area contributed by atoms with Crippen LogP contribution in [-0.2, 0) is 11.2 Å². The minimum absolute atomic E-state index is 0.0344. The number of nitrogens with one attached hydrogen (secondary N) is 1. The zero-order valence-corrected chi connectivity index (χ0v) is 11.5. The molecule has 2 aromatic rings. The highest BCUT2D eigenvalue weighted by Gasteiger charge is 2.14. The van der Waals surface area contributed by atoms with E-state index >= 15 is 0 Å². The molecule has 106 valence electrons. The Labute approximate surface area is 122 Å². The van der Waals surface area contributed by atoms with Gasteiger partial charge in [0.25, 0.3) is 0 Å². The van der Waals surface area contributed by atoms with Crippen molar-refractivity contribution in [1.82, 2.24) is 0 Å². The second kappa shape index (κ2) is 5.79. The van der Waals surface area contributed by atoms with Gasteiger partial charge in [-0.1, -0.05) is 18.2 Å². The number of fused-ring (bicyclic) bond motifs is 1. The molecule has 4 nitrogen and oxygen atoms in total. The minimum atomic E-state index is -0.412. The molecule has 0 atom stereocenters. The van der Waals surface area contributed by atoms with E-state index in [0.717, 1.165) is 23.3 Å². The number of benzene rings is 2. The molecule has 0 saturated carbocycles. The fourth-order valence-corrected chi connectivity index (χ4v) is 2.25. The number of hydrogen-bond donors (Lipinski definition) is 1. The predicted molar refractivity (Wildman–Crippen MR) is 79.2 cm³/mol. The van der Waals surface area contributed by atoms with Crippen molar-refractivity contribution in [3.05, 3.63) is 65.2 Å². The van der Waals surface area contributed by atoms with Crippen molar-refractivity contribution in [3.8, 4) is 5.75 Å². The molecule has 0 amide bonds. The standard InChI is InChI=1S/C17H15NO3/c18-15(11-21-17(19)12-4-2-1-3-5-12)13-6-7-16-14(10-13)8-9-20-16/h1-7,10,18H,8-9,11H2. The van der Waals surface area contributed by atoms with E-state index < -0.39 is 5.97 Å². The van der Waals surface area contributed by atoms with Crippen molar-refractivity contribution < 1.29 is 14.3 Å². The first-order chi connectivity index (χ1) is 10.2. The van der Waals surface area contributed by atoms with Gasteiger partial charge in [0, 0.05) is 6.42 Å². The number of ether oxygens (including phenoxy) is 2. The zero-order chi connectivity index (χ0) is 14.7. The summed E-state index contributed by atoms with van der Waals surface area (Å²) in [4.78, 5) is 11.8. The number of carbonyl (C=O) groups excluding carboxylic acids is 1. The molecule has 0 unspecified atom stereocenters. The van der Waals surface area contributed by atoms with Crippen LogP contribution in [0.5, 0.6) is 5.75 Å². The highest BCUT2D eigenvalue weighted by Crippen LogP contribution is 2.26. The molecule has 0 aromatic heterocycles. The summed E-state index contributed by atoms with van der Waals surface area (Å²) in [5.41, 5.74) is 2.65. The molecule has 1 N–H and O–H groups in total. The lowest BCUT2D eigenvalue weighted by atomic mass is 10.1. The van der Waals surface area contributed by atoms with Crippen LogP contribution in [0, 0.1) is 5.41 Å². The molecule has 0 bridgehead atoms. The Hall–Kier alpha value is -2.62. The van der Waals surface area contributed by atoms with Crippen LogP contribution >= 0.6 is 0 Å². The van der Waals surface area contributed by atoms with E-state index in [1.807, 2.05) is 24.3 Å². The Bertz CT molecular complexity index is 680. The summed E-state index contributed by atoms with van der Waals surface area (Å²) in [6.07, 6.45) is 0.861. The van der Waals surface area contributed by atoms with E-state index in [-0.39, 0.29) is 12.3 Å². The maximum absolute atomic E-state index is 11.8. The van der Waals surface area contributed by atoms with E-state index in [1.165, 1.54) is 0 Å². The third-order valence-corrected chi connectivity index (χ3v) is 3.40. The average molecular weight is 281 g/mol. The van der Waals surface area contributed by atoms with Gasteiger partial charge in [0.15, 0.2) is 0 Å². The highest BCUT2D eigenvalue weighted by molar-refractivity contribution is 6.01. The molecule has 21 heavy (non-hydrogen) atoms. The number of rotatable bonds is 4. The second-order valence-electron chi connectivity index (χ2n) is 4.84. The maximum Gasteiger partial charge on any atom is 0.338 e. The number of carbonyl (C=O) groups is 1. The Morgan fingerprint density at radius 3 is 2.76 bits per heavy atom. The lowest BCUT2D eigenvalue weighted by Gasteiger charge is -2.08. The molecule has 0 fully saturated rings. The topological polar surface area (TPSA) is 59.4 Å². The van der Waals surface area contributed by atoms with Crippen molar-refractivity contribution in [2.75, 3.05) is 13.2 Å². The van der Waals surface area contributed by atoms with Gasteiger partial charge in [-0.2, -0.15) is 0 Å². The number of esters is 1. The molecule has 4 heteroatoms. The van der Waals surface area contributed by atoms with E-state index in [4.69, 9.17) is 14.9 Å². The molecular formula is C17H15NO3. The zero-order valence-electron chi connectivity index (χ0n) is 11.5. The van der Waals surface area contributed by atoms with Crippen molar-refractivity contribution in [1.29, 1.82) is 5.41 Å². The molecule has 1 heterocycles. The molecule has 0 spiro atoms. The average Bonchev–Trinajstić information content (AvgIpc) is 3.00. The lowest BCUT2D eigenvalue weighted by Crippen LogP contribution is -2.14. The molecule has 1 aliphatic rings. The summed E-state index contributed by atoms with van der Waals surface area (Å²) in [6, 6.07) is 14.4. The molecule has 0 aliphatic carbocycles. The lowest BCUT2D eigenvalue weighted by molar-refractivity contribution is 0.0563. The Balaban J connectivity index is 1.63. The van der Waals surface area contributed by atoms with E-state index in [2.05, 4.69) is 0 Å². The highest BCUT2D eigenvalue weighted by atomic mass is 16.5. The van der Waals surface area contributed by atoms with Crippen molar-refractivity contribution in [2.24, 2.45) is 0 Å². The summed E-state index contributed by atoms with van der Waals surface area (Å²) in [5, 5.41) is 8.03. The van der Waals surface area contributed by atoms with E-state index in [1.54, 1.807) is 24.3 Å². The Kier molecular flexibility index (Phi) is 3.69. The van der Waals surface area contributed by atoms with Crippen LogP contribution in [0.4, 0.5) is 0 Å². The van der Waals surface area contributed by atoms with Gasteiger partial charge < -0.3 is 14.9 Å². The maximum atomic E-state index is 11.8. The fourth-order valence-electron chi connectivity index (χ4n) is 2.25. The second-order valence-corrected chi connectivity index (χ2v) is 4.84. The fraction of sp³-hybridized carbons (Fsp3) is 0.176. The van der Waals surface area contributed by atoms with Crippen LogP contribution in [0.1, 0.15) is 21.5 Å². The predicted octanol–water partition coefficient (Wildman–Crippen LogP) is 2.85. The van der Waals surface area contributed by atoms with Crippen LogP contribution < -0.4 is 4.74 Å². The van der Waals surface area contributed by atoms with Crippen LogP contribution in [0.25, 0.3) is 0 Å². The Morgan fingerprint density at radius 1 is 1.14 bits per heavy atom. The largest absolute Gasteiger partial charge is 0.493 e. The van der Waals surface area contributed by atoms with Gasteiger partial charge in [-0.3, -0.25) is 0 Å². The summed E-state index contributed by atoms with van der Waals surface area (Å²) in [7, 11) is 0. The summed E-state index contributed by atoms with van der Waals surface area (Å²) < 4.78 is 10.6. The molecule has 0 radical (unpaired) electrons. The van der Waals surface area contributed by atoms with Crippen LogP contribution in [-0.4, -0.2) is 24.9 Å². The van der Waals surface area contributed by atoms with Gasteiger partial charge in [-0.15, -0.1) is 0 Å². The molecular weight excluding hydrogens is 266 g/mol. The van der Waals surface area contributed by atoms with Crippen LogP contribution in [0.2, 0.25) is 0 Å². The van der Waals surface area contributed by atoms with Crippen molar-refractivity contribution in [2.45, 2.75) is 6.42 Å². The molecule has 3 rings (SSSR count). The normalized spacial score (nSPS) is 12.4. The third kappa shape index (κ3) is 2.94. The Morgan fingerprint density at radius 2 is 1.95 bits per heavy atom. The van der Waals surface area contributed by atoms with E-state index in [9.17, 15) is 4.79 Å². The van der Waals surface area contributed by atoms with Gasteiger partial charge in [0.2, 0.25) is 0 Å². The first kappa shape index (κ1) is 13.4. The van der Waals surface area contributed by atoms with Crippen LogP contribution in [0.15, 0.2) is 48.5 Å². The monoisotopic (exact) mass is 281 g/mol. The molecule has 0 saturated heterocycles. The summed E-state index contributed by atoms with van der Waals surface area (Å²) in [6.45, 7) is 0.655. The van der Waals surface area contributed by atoms with Gasteiger partial charge in [-0.25, -0.2) is 4.79 Å². The van der Waals surface area contributed by atoms with Gasteiger partial charge in [0.1, 0.15) is 12.4 Å². The van der Waals surface area contributed by atoms with Crippen LogP contribution in [0.3, 0.4) is 0 Å². The molecule has 1 aliphatic heterocycles. The molecule has 2 aromatic carbocycles. The number of hydrogen-bond acceptors (Lipinski definition) is 4. The summed E-state index contributed by atoms with van der Waals surface area (Å²) >= 11 is 0. The summed E-state index contributed by atoms with van der Waals surface area (Å²) in [5.74, 6) is 0.470. The first-order valence-electron chi connectivity index (χ1n) is 6.80. The van der Waals surface area contributed by atoms with Crippen molar-refractivity contribution >= 4 is 11.7 Å². The minimum Gasteiger partial charge on any atom is -0.493 e. The van der Waals surface area contributed by atoms with Gasteiger partial charge in [0.05, 0.1) is 17.9 Å². The van der Waals surface area contributed by atoms with Gasteiger partial charge in [-0.05, 0) is 41.5 Å².